The molecule has 0 unspecified atom stereocenters. The van der Waals surface area contributed by atoms with Gasteiger partial charge in [0.15, 0.2) is 0 Å². The van der Waals surface area contributed by atoms with Gasteiger partial charge in [-0.1, -0.05) is 5.16 Å². The zero-order valence-corrected chi connectivity index (χ0v) is 9.58. The molecule has 88 valence electrons. The van der Waals surface area contributed by atoms with Crippen LogP contribution in [0.5, 0.6) is 0 Å². The van der Waals surface area contributed by atoms with Gasteiger partial charge in [0.2, 0.25) is 5.76 Å². The van der Waals surface area contributed by atoms with E-state index in [0.717, 1.165) is 4.88 Å². The molecule has 0 spiro atoms. The first-order valence-electron chi connectivity index (χ1n) is 4.63. The first kappa shape index (κ1) is 11.3. The fourth-order valence-electron chi connectivity index (χ4n) is 1.26. The number of amides is 1. The molecule has 0 aliphatic rings. The van der Waals surface area contributed by atoms with Crippen LogP contribution in [-0.4, -0.2) is 22.1 Å². The number of anilines is 1. The second-order valence-corrected chi connectivity index (χ2v) is 4.49. The molecule has 0 aliphatic carbocycles. The normalized spacial score (nSPS) is 10.2. The Labute approximate surface area is 99.9 Å². The van der Waals surface area contributed by atoms with Crippen LogP contribution < -0.4 is 5.32 Å². The Kier molecular flexibility index (Phi) is 2.92. The molecule has 0 fully saturated rings. The van der Waals surface area contributed by atoms with Crippen molar-refractivity contribution in [2.24, 2.45) is 0 Å². The molecule has 0 saturated carbocycles. The minimum absolute atomic E-state index is 0.0346. The van der Waals surface area contributed by atoms with Gasteiger partial charge in [0, 0.05) is 10.9 Å². The molecular weight excluding hydrogens is 244 g/mol. The van der Waals surface area contributed by atoms with Crippen LogP contribution in [0.2, 0.25) is 0 Å². The summed E-state index contributed by atoms with van der Waals surface area (Å²) in [6.45, 7) is 1.77. The second-order valence-electron chi connectivity index (χ2n) is 3.24. The van der Waals surface area contributed by atoms with Gasteiger partial charge in [-0.15, -0.1) is 11.3 Å². The van der Waals surface area contributed by atoms with Crippen molar-refractivity contribution in [1.29, 1.82) is 0 Å². The number of aromatic nitrogens is 1. The highest BCUT2D eigenvalue weighted by atomic mass is 32.1. The fourth-order valence-corrected chi connectivity index (χ4v) is 2.16. The molecular formula is C10H8N2O4S. The summed E-state index contributed by atoms with van der Waals surface area (Å²) in [5, 5.41) is 15.1. The molecule has 7 heteroatoms. The lowest BCUT2D eigenvalue weighted by atomic mass is 10.3. The molecule has 0 radical (unpaired) electrons. The second kappa shape index (κ2) is 4.38. The molecule has 17 heavy (non-hydrogen) atoms. The summed E-state index contributed by atoms with van der Waals surface area (Å²) in [6.07, 6.45) is 1.34. The number of carbonyl (C=O) groups excluding carboxylic acids is 1. The number of rotatable bonds is 3. The van der Waals surface area contributed by atoms with E-state index in [1.54, 1.807) is 6.92 Å². The summed E-state index contributed by atoms with van der Waals surface area (Å²) in [4.78, 5) is 23.4. The lowest BCUT2D eigenvalue weighted by molar-refractivity contribution is 0.0698. The van der Waals surface area contributed by atoms with E-state index in [2.05, 4.69) is 15.0 Å². The predicted octanol–water partition coefficient (Wildman–Crippen LogP) is 2.00. The summed E-state index contributed by atoms with van der Waals surface area (Å²) >= 11 is 1.19. The molecule has 0 aromatic carbocycles. The Morgan fingerprint density at radius 3 is 2.88 bits per heavy atom. The number of thiophene rings is 1. The summed E-state index contributed by atoms with van der Waals surface area (Å²) in [6, 6.07) is 2.90. The maximum absolute atomic E-state index is 11.6. The van der Waals surface area contributed by atoms with Gasteiger partial charge < -0.3 is 14.9 Å². The van der Waals surface area contributed by atoms with Crippen molar-refractivity contribution in [3.8, 4) is 0 Å². The molecule has 0 bridgehead atoms. The van der Waals surface area contributed by atoms with Crippen molar-refractivity contribution in [2.75, 3.05) is 5.32 Å². The molecule has 0 saturated heterocycles. The first-order chi connectivity index (χ1) is 8.08. The topological polar surface area (TPSA) is 92.4 Å². The van der Waals surface area contributed by atoms with Crippen LogP contribution in [0.4, 0.5) is 5.00 Å². The van der Waals surface area contributed by atoms with E-state index in [-0.39, 0.29) is 16.3 Å². The molecule has 2 aromatic rings. The number of aryl methyl sites for hydroxylation is 1. The average Bonchev–Trinajstić information content (AvgIpc) is 2.86. The van der Waals surface area contributed by atoms with Crippen LogP contribution in [0.15, 0.2) is 22.9 Å². The van der Waals surface area contributed by atoms with E-state index >= 15 is 0 Å². The molecule has 1 amide bonds. The maximum atomic E-state index is 11.6. The standard InChI is InChI=1S/C10H8N2O4S/c1-5-4-6(10(14)15)9(17-5)12-8(13)7-2-3-11-16-7/h2-4H,1H3,(H,12,13)(H,14,15). The van der Waals surface area contributed by atoms with Crippen molar-refractivity contribution >= 4 is 28.2 Å². The zero-order valence-electron chi connectivity index (χ0n) is 8.76. The van der Waals surface area contributed by atoms with Crippen molar-refractivity contribution in [1.82, 2.24) is 5.16 Å². The minimum atomic E-state index is -1.08. The van der Waals surface area contributed by atoms with Crippen LogP contribution in [0.1, 0.15) is 25.8 Å². The smallest absolute Gasteiger partial charge is 0.338 e. The molecule has 0 aliphatic heterocycles. The highest BCUT2D eigenvalue weighted by Crippen LogP contribution is 2.27. The first-order valence-corrected chi connectivity index (χ1v) is 5.45. The van der Waals surface area contributed by atoms with E-state index in [9.17, 15) is 9.59 Å². The summed E-state index contributed by atoms with van der Waals surface area (Å²) < 4.78 is 4.67. The van der Waals surface area contributed by atoms with Crippen LogP contribution in [-0.2, 0) is 0 Å². The molecule has 2 heterocycles. The fraction of sp³-hybridized carbons (Fsp3) is 0.100. The Morgan fingerprint density at radius 2 is 2.29 bits per heavy atom. The van der Waals surface area contributed by atoms with Gasteiger partial charge in [-0.05, 0) is 13.0 Å². The largest absolute Gasteiger partial charge is 0.478 e. The van der Waals surface area contributed by atoms with E-state index in [4.69, 9.17) is 5.11 Å². The predicted molar refractivity (Wildman–Crippen MR) is 60.5 cm³/mol. The van der Waals surface area contributed by atoms with Crippen LogP contribution in [0.3, 0.4) is 0 Å². The molecule has 6 nitrogen and oxygen atoms in total. The number of hydrogen-bond donors (Lipinski definition) is 2. The highest BCUT2D eigenvalue weighted by Gasteiger charge is 2.18. The van der Waals surface area contributed by atoms with E-state index < -0.39 is 11.9 Å². The van der Waals surface area contributed by atoms with Gasteiger partial charge in [-0.3, -0.25) is 4.79 Å². The number of carbonyl (C=O) groups is 2. The van der Waals surface area contributed by atoms with Gasteiger partial charge in [-0.2, -0.15) is 0 Å². The monoisotopic (exact) mass is 252 g/mol. The third kappa shape index (κ3) is 2.34. The summed E-state index contributed by atoms with van der Waals surface area (Å²) in [5.74, 6) is -1.57. The van der Waals surface area contributed by atoms with Crippen LogP contribution in [0.25, 0.3) is 0 Å². The maximum Gasteiger partial charge on any atom is 0.338 e. The van der Waals surface area contributed by atoms with Crippen molar-refractivity contribution in [2.45, 2.75) is 6.92 Å². The van der Waals surface area contributed by atoms with Gasteiger partial charge in [0.05, 0.1) is 11.8 Å². The summed E-state index contributed by atoms with van der Waals surface area (Å²) in [7, 11) is 0. The Balaban J connectivity index is 2.24. The van der Waals surface area contributed by atoms with Crippen molar-refractivity contribution in [3.05, 3.63) is 34.5 Å². The van der Waals surface area contributed by atoms with E-state index in [1.165, 1.54) is 29.7 Å². The Hall–Kier alpha value is -2.15. The van der Waals surface area contributed by atoms with Gasteiger partial charge >= 0.3 is 5.97 Å². The van der Waals surface area contributed by atoms with Crippen molar-refractivity contribution in [3.63, 3.8) is 0 Å². The molecule has 2 aromatic heterocycles. The Bertz CT molecular complexity index is 559. The van der Waals surface area contributed by atoms with Crippen LogP contribution in [0, 0.1) is 6.92 Å². The van der Waals surface area contributed by atoms with Crippen molar-refractivity contribution < 1.29 is 19.2 Å². The number of nitrogens with zero attached hydrogens (tertiary/aromatic N) is 1. The number of carboxylic acid groups (broad SMARTS) is 1. The average molecular weight is 252 g/mol. The lowest BCUT2D eigenvalue weighted by Crippen LogP contribution is -2.12. The number of hydrogen-bond acceptors (Lipinski definition) is 5. The van der Waals surface area contributed by atoms with Gasteiger partial charge in [0.1, 0.15) is 5.00 Å². The zero-order chi connectivity index (χ0) is 12.4. The summed E-state index contributed by atoms with van der Waals surface area (Å²) in [5.41, 5.74) is 0.0698. The van der Waals surface area contributed by atoms with E-state index in [1.807, 2.05) is 0 Å². The van der Waals surface area contributed by atoms with Crippen LogP contribution >= 0.6 is 11.3 Å². The molecule has 2 rings (SSSR count). The third-order valence-electron chi connectivity index (χ3n) is 1.97. The number of aromatic carboxylic acids is 1. The lowest BCUT2D eigenvalue weighted by Gasteiger charge is -2.00. The number of nitrogens with one attached hydrogen (secondary N) is 1. The minimum Gasteiger partial charge on any atom is -0.478 e. The molecule has 0 atom stereocenters. The quantitative estimate of drug-likeness (QED) is 0.871. The van der Waals surface area contributed by atoms with Gasteiger partial charge in [-0.25, -0.2) is 4.79 Å². The van der Waals surface area contributed by atoms with E-state index in [0.29, 0.717) is 0 Å². The highest BCUT2D eigenvalue weighted by molar-refractivity contribution is 7.16. The van der Waals surface area contributed by atoms with Gasteiger partial charge in [0.25, 0.3) is 5.91 Å². The SMILES string of the molecule is Cc1cc(C(=O)O)c(NC(=O)c2ccno2)s1. The third-order valence-corrected chi connectivity index (χ3v) is 2.94. The number of carboxylic acids is 1. The molecule has 2 N–H and O–H groups in total. The Morgan fingerprint density at radius 1 is 1.53 bits per heavy atom.